The molecule has 25 nitrogen and oxygen atoms in total. The average molecular weight is 1010 g/mol. The number of carbonyl (C=O) groups excluding carboxylic acids is 2. The summed E-state index contributed by atoms with van der Waals surface area (Å²) in [5, 5.41) is 5.20. The first-order valence-corrected chi connectivity index (χ1v) is 24.0. The van der Waals surface area contributed by atoms with E-state index in [0.717, 1.165) is 0 Å². The zero-order valence-electron chi connectivity index (χ0n) is 41.6. The molecular formula is C44H90N4O21. The van der Waals surface area contributed by atoms with Gasteiger partial charge in [-0.25, -0.2) is 0 Å². The van der Waals surface area contributed by atoms with E-state index in [0.29, 0.717) is 264 Å². The van der Waals surface area contributed by atoms with Crippen molar-refractivity contribution in [3.8, 4) is 0 Å². The molecule has 2 amide bonds. The summed E-state index contributed by atoms with van der Waals surface area (Å²) in [6, 6.07) is 0. The predicted molar refractivity (Wildman–Crippen MR) is 249 cm³/mol. The summed E-state index contributed by atoms with van der Waals surface area (Å²) in [7, 11) is 0. The van der Waals surface area contributed by atoms with Gasteiger partial charge in [-0.2, -0.15) is 0 Å². The van der Waals surface area contributed by atoms with Gasteiger partial charge in [-0.05, 0) is 0 Å². The van der Waals surface area contributed by atoms with Gasteiger partial charge in [0.25, 0.3) is 5.91 Å². The van der Waals surface area contributed by atoms with E-state index in [4.69, 9.17) is 101 Å². The smallest absolute Gasteiger partial charge is 0.251 e. The van der Waals surface area contributed by atoms with Gasteiger partial charge in [-0.1, -0.05) is 0 Å². The fourth-order valence-electron chi connectivity index (χ4n) is 4.72. The minimum absolute atomic E-state index is 0.0676. The van der Waals surface area contributed by atoms with Gasteiger partial charge in [0.2, 0.25) is 5.91 Å². The van der Waals surface area contributed by atoms with Crippen molar-refractivity contribution in [1.82, 2.24) is 10.6 Å². The molecule has 0 saturated carbocycles. The highest BCUT2D eigenvalue weighted by atomic mass is 16.6. The van der Waals surface area contributed by atoms with Crippen LogP contribution >= 0.6 is 0 Å². The summed E-state index contributed by atoms with van der Waals surface area (Å²) in [5.41, 5.74) is 10.5. The molecule has 0 spiro atoms. The van der Waals surface area contributed by atoms with Crippen LogP contribution in [0.1, 0.15) is 6.92 Å². The Morgan fingerprint density at radius 1 is 0.261 bits per heavy atom. The van der Waals surface area contributed by atoms with Crippen LogP contribution < -0.4 is 22.1 Å². The van der Waals surface area contributed by atoms with Crippen molar-refractivity contribution >= 4 is 11.8 Å². The van der Waals surface area contributed by atoms with Crippen LogP contribution in [0.5, 0.6) is 0 Å². The Bertz CT molecular complexity index is 1020. The zero-order valence-corrected chi connectivity index (χ0v) is 41.6. The normalized spacial score (nSPS) is 11.6. The average Bonchev–Trinajstić information content (AvgIpc) is 3.34. The Morgan fingerprint density at radius 3 is 0.522 bits per heavy atom. The van der Waals surface area contributed by atoms with Crippen LogP contribution in [0.25, 0.3) is 0 Å². The van der Waals surface area contributed by atoms with Crippen LogP contribution in [0.2, 0.25) is 0 Å². The molecule has 0 bridgehead atoms. The van der Waals surface area contributed by atoms with Crippen molar-refractivity contribution < 1.29 is 99.6 Å². The Hall–Kier alpha value is -1.90. The molecule has 6 N–H and O–H groups in total. The lowest BCUT2D eigenvalue weighted by atomic mass is 10.5. The summed E-state index contributed by atoms with van der Waals surface area (Å²) in [5.74, 6) is -0.486. The van der Waals surface area contributed by atoms with Crippen molar-refractivity contribution in [3.05, 3.63) is 0 Å². The second-order valence-corrected chi connectivity index (χ2v) is 13.9. The molecule has 0 aliphatic heterocycles. The van der Waals surface area contributed by atoms with Crippen LogP contribution in [0.4, 0.5) is 0 Å². The highest BCUT2D eigenvalue weighted by Gasteiger charge is 2.05. The van der Waals surface area contributed by atoms with Crippen LogP contribution in [-0.2, 0) is 99.6 Å². The SMILES string of the molecule is CC(=O)NCCOCCOCCOCCOCCOCCOCCOCCOCCOCCOCCOCCOCCOCCOCCOCCOCCOCCOCCOCCNC(=O)C(N)N. The van der Waals surface area contributed by atoms with Crippen molar-refractivity contribution in [1.29, 1.82) is 0 Å². The summed E-state index contributed by atoms with van der Waals surface area (Å²) in [4.78, 5) is 21.9. The van der Waals surface area contributed by atoms with Crippen LogP contribution in [-0.4, -0.2) is 282 Å². The first kappa shape index (κ1) is 67.1. The lowest BCUT2D eigenvalue weighted by Gasteiger charge is -2.09. The maximum Gasteiger partial charge on any atom is 0.251 e. The van der Waals surface area contributed by atoms with E-state index >= 15 is 0 Å². The molecule has 0 aromatic heterocycles. The van der Waals surface area contributed by atoms with Gasteiger partial charge in [-0.15, -0.1) is 0 Å². The third kappa shape index (κ3) is 62.2. The number of ether oxygens (including phenoxy) is 19. The fraction of sp³-hybridized carbons (Fsp3) is 0.955. The Labute approximate surface area is 410 Å². The topological polar surface area (TPSA) is 286 Å². The molecule has 25 heteroatoms. The Morgan fingerprint density at radius 2 is 0.391 bits per heavy atom. The number of hydrogen-bond acceptors (Lipinski definition) is 23. The Kier molecular flexibility index (Phi) is 58.7. The quantitative estimate of drug-likeness (QED) is 0.0371. The molecule has 0 aliphatic carbocycles. The summed E-state index contributed by atoms with van der Waals surface area (Å²) >= 11 is 0. The van der Waals surface area contributed by atoms with E-state index in [1.165, 1.54) is 6.92 Å². The second-order valence-electron chi connectivity index (χ2n) is 13.9. The lowest BCUT2D eigenvalue weighted by molar-refractivity contribution is -0.122. The number of nitrogens with two attached hydrogens (primary N) is 2. The third-order valence-corrected chi connectivity index (χ3v) is 8.16. The molecule has 0 saturated heterocycles. The van der Waals surface area contributed by atoms with E-state index in [2.05, 4.69) is 10.6 Å². The maximum absolute atomic E-state index is 11.2. The minimum Gasteiger partial charge on any atom is -0.377 e. The molecule has 0 aromatic carbocycles. The van der Waals surface area contributed by atoms with E-state index in [1.54, 1.807) is 0 Å². The molecule has 0 fully saturated rings. The standard InChI is InChI=1S/C44H90N4O21/c1-42(49)47-2-4-51-6-8-53-10-12-55-14-16-57-18-20-59-22-24-61-26-28-63-30-32-65-34-36-67-38-40-69-41-39-68-37-35-66-33-31-64-29-27-62-25-23-60-21-19-58-17-15-56-13-11-54-9-7-52-5-3-48-44(50)43(45)46/h43H,2-41,45-46H2,1H3,(H,47,49)(H,48,50). The summed E-state index contributed by atoms with van der Waals surface area (Å²) in [6.45, 7) is 20.3. The largest absolute Gasteiger partial charge is 0.377 e. The van der Waals surface area contributed by atoms with Gasteiger partial charge >= 0.3 is 0 Å². The molecule has 69 heavy (non-hydrogen) atoms. The monoisotopic (exact) mass is 1010 g/mol. The van der Waals surface area contributed by atoms with Crippen molar-refractivity contribution in [2.75, 3.05) is 264 Å². The molecule has 0 aliphatic rings. The van der Waals surface area contributed by atoms with Crippen molar-refractivity contribution in [2.45, 2.75) is 13.1 Å². The number of carbonyl (C=O) groups is 2. The van der Waals surface area contributed by atoms with E-state index < -0.39 is 12.1 Å². The first-order valence-electron chi connectivity index (χ1n) is 24.0. The Balaban J connectivity index is 3.08. The number of rotatable bonds is 61. The number of amides is 2. The summed E-state index contributed by atoms with van der Waals surface area (Å²) < 4.78 is 104. The highest BCUT2D eigenvalue weighted by Crippen LogP contribution is 1.90. The van der Waals surface area contributed by atoms with Gasteiger partial charge < -0.3 is 112 Å². The van der Waals surface area contributed by atoms with Gasteiger partial charge in [0.15, 0.2) is 0 Å². The third-order valence-electron chi connectivity index (χ3n) is 8.16. The van der Waals surface area contributed by atoms with E-state index in [9.17, 15) is 9.59 Å². The molecule has 0 atom stereocenters. The first-order chi connectivity index (χ1) is 34.0. The van der Waals surface area contributed by atoms with Crippen LogP contribution in [0, 0.1) is 0 Å². The van der Waals surface area contributed by atoms with Crippen molar-refractivity contribution in [3.63, 3.8) is 0 Å². The summed E-state index contributed by atoms with van der Waals surface area (Å²) in [6.07, 6.45) is -1.02. The van der Waals surface area contributed by atoms with Crippen molar-refractivity contribution in [2.24, 2.45) is 11.5 Å². The van der Waals surface area contributed by atoms with Gasteiger partial charge in [0, 0.05) is 20.0 Å². The predicted octanol–water partition coefficient (Wildman–Crippen LogP) is -2.20. The van der Waals surface area contributed by atoms with Gasteiger partial charge in [0.05, 0.1) is 251 Å². The molecule has 0 unspecified atom stereocenters. The van der Waals surface area contributed by atoms with E-state index in [-0.39, 0.29) is 5.91 Å². The van der Waals surface area contributed by atoms with Gasteiger partial charge in [0.1, 0.15) is 6.17 Å². The van der Waals surface area contributed by atoms with E-state index in [1.807, 2.05) is 0 Å². The molecule has 0 aromatic rings. The molecule has 412 valence electrons. The molecule has 0 heterocycles. The maximum atomic E-state index is 11.2. The second kappa shape index (κ2) is 60.4. The highest BCUT2D eigenvalue weighted by molar-refractivity contribution is 5.80. The van der Waals surface area contributed by atoms with Crippen LogP contribution in [0.3, 0.4) is 0 Å². The van der Waals surface area contributed by atoms with Gasteiger partial charge in [-0.3, -0.25) is 9.59 Å². The van der Waals surface area contributed by atoms with Crippen LogP contribution in [0.15, 0.2) is 0 Å². The molecule has 0 radical (unpaired) electrons. The fourth-order valence-corrected chi connectivity index (χ4v) is 4.72. The number of nitrogens with one attached hydrogen (secondary N) is 2. The zero-order chi connectivity index (χ0) is 49.9. The molecular weight excluding hydrogens is 920 g/mol. The molecule has 0 rings (SSSR count). The minimum atomic E-state index is -1.02. The number of hydrogen-bond donors (Lipinski definition) is 4. The lowest BCUT2D eigenvalue weighted by Crippen LogP contribution is -2.47.